The molecule has 174 valence electrons. The molecule has 0 atom stereocenters. The maximum Gasteiger partial charge on any atom is 0.266 e. The fraction of sp³-hybridized carbons (Fsp3) is 0.0714. The van der Waals surface area contributed by atoms with Gasteiger partial charge in [0.2, 0.25) is 0 Å². The monoisotopic (exact) mass is 502 g/mol. The fourth-order valence-corrected chi connectivity index (χ4v) is 4.09. The number of methoxy groups -OCH3 is 1. The second-order valence-corrected chi connectivity index (χ2v) is 8.45. The van der Waals surface area contributed by atoms with Gasteiger partial charge in [0.05, 0.1) is 17.2 Å². The van der Waals surface area contributed by atoms with Crippen LogP contribution >= 0.6 is 23.2 Å². The highest BCUT2D eigenvalue weighted by molar-refractivity contribution is 6.37. The Morgan fingerprint density at radius 1 is 0.971 bits per heavy atom. The van der Waals surface area contributed by atoms with Crippen LogP contribution in [0.1, 0.15) is 11.1 Å². The normalized spacial score (nSPS) is 11.1. The minimum atomic E-state index is -0.554. The number of fused-ring (bicyclic) bond motifs is 1. The first-order valence-electron chi connectivity index (χ1n) is 10.6. The van der Waals surface area contributed by atoms with Gasteiger partial charge >= 0.3 is 0 Å². The number of rotatable bonds is 7. The van der Waals surface area contributed by atoms with Crippen LogP contribution in [0.4, 0.5) is 5.69 Å². The Labute approximate surface area is 213 Å². The van der Waals surface area contributed by atoms with Gasteiger partial charge in [-0.05, 0) is 70.4 Å². The van der Waals surface area contributed by atoms with Crippen LogP contribution < -0.4 is 14.8 Å². The van der Waals surface area contributed by atoms with E-state index in [1.807, 2.05) is 42.5 Å². The van der Waals surface area contributed by atoms with Gasteiger partial charge in [-0.1, -0.05) is 59.6 Å². The van der Waals surface area contributed by atoms with Gasteiger partial charge in [0, 0.05) is 5.69 Å². The first-order chi connectivity index (χ1) is 17.0. The Hall–Kier alpha value is -3.98. The van der Waals surface area contributed by atoms with Crippen LogP contribution in [-0.2, 0) is 11.4 Å². The van der Waals surface area contributed by atoms with Gasteiger partial charge in [-0.2, -0.15) is 5.26 Å². The third kappa shape index (κ3) is 5.93. The summed E-state index contributed by atoms with van der Waals surface area (Å²) in [5.41, 5.74) is 1.91. The van der Waals surface area contributed by atoms with Crippen LogP contribution in [-0.4, -0.2) is 13.0 Å². The number of amides is 1. The van der Waals surface area contributed by atoms with Gasteiger partial charge in [-0.15, -0.1) is 0 Å². The number of ether oxygens (including phenoxy) is 2. The molecule has 0 radical (unpaired) electrons. The van der Waals surface area contributed by atoms with E-state index in [-0.39, 0.29) is 22.2 Å². The molecule has 0 saturated heterocycles. The molecule has 0 unspecified atom stereocenters. The first-order valence-corrected chi connectivity index (χ1v) is 11.4. The largest absolute Gasteiger partial charge is 0.497 e. The molecule has 0 bridgehead atoms. The quantitative estimate of drug-likeness (QED) is 0.213. The zero-order valence-electron chi connectivity index (χ0n) is 18.7. The Morgan fingerprint density at radius 2 is 1.66 bits per heavy atom. The van der Waals surface area contributed by atoms with Crippen molar-refractivity contribution in [2.45, 2.75) is 6.61 Å². The van der Waals surface area contributed by atoms with Gasteiger partial charge in [0.25, 0.3) is 5.91 Å². The van der Waals surface area contributed by atoms with E-state index < -0.39 is 5.91 Å². The van der Waals surface area contributed by atoms with Crippen molar-refractivity contribution >= 4 is 51.6 Å². The van der Waals surface area contributed by atoms with Gasteiger partial charge in [0.1, 0.15) is 24.0 Å². The molecule has 0 aliphatic heterocycles. The summed E-state index contributed by atoms with van der Waals surface area (Å²) in [5.74, 6) is 0.438. The van der Waals surface area contributed by atoms with Gasteiger partial charge in [0.15, 0.2) is 5.75 Å². The summed E-state index contributed by atoms with van der Waals surface area (Å²) in [6.07, 6.45) is 1.42. The molecule has 0 aliphatic rings. The maximum absolute atomic E-state index is 12.6. The number of nitrogens with one attached hydrogen (secondary N) is 1. The molecule has 4 aromatic rings. The van der Waals surface area contributed by atoms with Crippen molar-refractivity contribution in [3.63, 3.8) is 0 Å². The fourth-order valence-electron chi connectivity index (χ4n) is 3.47. The highest BCUT2D eigenvalue weighted by atomic mass is 35.5. The predicted octanol–water partition coefficient (Wildman–Crippen LogP) is 7.28. The first kappa shape index (κ1) is 24.2. The summed E-state index contributed by atoms with van der Waals surface area (Å²) < 4.78 is 11.0. The average molecular weight is 503 g/mol. The highest BCUT2D eigenvalue weighted by Crippen LogP contribution is 2.35. The number of anilines is 1. The van der Waals surface area contributed by atoms with Crippen LogP contribution in [0, 0.1) is 11.3 Å². The lowest BCUT2D eigenvalue weighted by Gasteiger charge is -2.12. The lowest BCUT2D eigenvalue weighted by Crippen LogP contribution is -2.13. The van der Waals surface area contributed by atoms with E-state index >= 15 is 0 Å². The van der Waals surface area contributed by atoms with Crippen molar-refractivity contribution in [3.8, 4) is 17.6 Å². The number of carbonyl (C=O) groups is 1. The van der Waals surface area contributed by atoms with Crippen LogP contribution in [0.15, 0.2) is 84.4 Å². The van der Waals surface area contributed by atoms with E-state index in [1.54, 1.807) is 43.5 Å². The molecular formula is C28H20Cl2N2O3. The molecule has 35 heavy (non-hydrogen) atoms. The van der Waals surface area contributed by atoms with Gasteiger partial charge in [-0.3, -0.25) is 4.79 Å². The second-order valence-electron chi connectivity index (χ2n) is 7.64. The lowest BCUT2D eigenvalue weighted by molar-refractivity contribution is -0.112. The number of hydrogen-bond donors (Lipinski definition) is 1. The number of carbonyl (C=O) groups excluding carboxylic acids is 1. The average Bonchev–Trinajstić information content (AvgIpc) is 2.87. The number of halogens is 2. The van der Waals surface area contributed by atoms with Crippen molar-refractivity contribution in [2.24, 2.45) is 0 Å². The van der Waals surface area contributed by atoms with Crippen LogP contribution in [0.25, 0.3) is 16.8 Å². The van der Waals surface area contributed by atoms with E-state index in [9.17, 15) is 10.1 Å². The molecule has 4 rings (SSSR count). The number of benzene rings is 4. The summed E-state index contributed by atoms with van der Waals surface area (Å²) in [6, 6.07) is 26.0. The zero-order chi connectivity index (χ0) is 24.8. The summed E-state index contributed by atoms with van der Waals surface area (Å²) >= 11 is 12.9. The van der Waals surface area contributed by atoms with Gasteiger partial charge < -0.3 is 14.8 Å². The second kappa shape index (κ2) is 11.0. The predicted molar refractivity (Wildman–Crippen MR) is 140 cm³/mol. The third-order valence-electron chi connectivity index (χ3n) is 5.24. The topological polar surface area (TPSA) is 71.3 Å². The standard InChI is InChI=1S/C28H20Cl2N2O3/c1-34-24-10-8-23(9-11-24)32-28(33)22(16-31)13-19-14-25(29)27(26(30)15-19)35-17-18-6-7-20-4-2-3-5-21(20)12-18/h2-15H,17H2,1H3,(H,32,33)/b22-13-. The number of hydrogen-bond acceptors (Lipinski definition) is 4. The minimum Gasteiger partial charge on any atom is -0.497 e. The summed E-state index contributed by atoms with van der Waals surface area (Å²) in [5, 5.41) is 15.0. The number of nitriles is 1. The molecule has 1 amide bonds. The molecule has 0 saturated carbocycles. The molecule has 0 heterocycles. The lowest BCUT2D eigenvalue weighted by atomic mass is 10.1. The molecule has 4 aromatic carbocycles. The molecule has 0 aliphatic carbocycles. The van der Waals surface area contributed by atoms with E-state index in [1.165, 1.54) is 6.08 Å². The molecule has 1 N–H and O–H groups in total. The number of nitrogens with zero attached hydrogens (tertiary/aromatic N) is 1. The highest BCUT2D eigenvalue weighted by Gasteiger charge is 2.13. The Bertz CT molecular complexity index is 1430. The van der Waals surface area contributed by atoms with Crippen LogP contribution in [0.2, 0.25) is 10.0 Å². The Balaban J connectivity index is 1.48. The Kier molecular flexibility index (Phi) is 7.57. The van der Waals surface area contributed by atoms with Crippen LogP contribution in [0.3, 0.4) is 0 Å². The van der Waals surface area contributed by atoms with E-state index in [0.29, 0.717) is 22.7 Å². The molecular weight excluding hydrogens is 483 g/mol. The van der Waals surface area contributed by atoms with E-state index in [2.05, 4.69) is 11.4 Å². The minimum absolute atomic E-state index is 0.0993. The molecule has 7 heteroatoms. The van der Waals surface area contributed by atoms with Crippen LogP contribution in [0.5, 0.6) is 11.5 Å². The third-order valence-corrected chi connectivity index (χ3v) is 5.80. The molecule has 0 fully saturated rings. The molecule has 0 spiro atoms. The molecule has 0 aromatic heterocycles. The van der Waals surface area contributed by atoms with E-state index in [0.717, 1.165) is 16.3 Å². The molecule has 5 nitrogen and oxygen atoms in total. The van der Waals surface area contributed by atoms with Crippen molar-refractivity contribution < 1.29 is 14.3 Å². The smallest absolute Gasteiger partial charge is 0.266 e. The summed E-state index contributed by atoms with van der Waals surface area (Å²) in [6.45, 7) is 0.285. The summed E-state index contributed by atoms with van der Waals surface area (Å²) in [7, 11) is 1.56. The van der Waals surface area contributed by atoms with Crippen molar-refractivity contribution in [1.82, 2.24) is 0 Å². The van der Waals surface area contributed by atoms with E-state index in [4.69, 9.17) is 32.7 Å². The van der Waals surface area contributed by atoms with Crippen molar-refractivity contribution in [3.05, 3.63) is 106 Å². The van der Waals surface area contributed by atoms with Gasteiger partial charge in [-0.25, -0.2) is 0 Å². The zero-order valence-corrected chi connectivity index (χ0v) is 20.2. The summed E-state index contributed by atoms with van der Waals surface area (Å²) in [4.78, 5) is 12.6. The van der Waals surface area contributed by atoms with Crippen molar-refractivity contribution in [2.75, 3.05) is 12.4 Å². The Morgan fingerprint density at radius 3 is 2.31 bits per heavy atom. The SMILES string of the molecule is COc1ccc(NC(=O)/C(C#N)=C\c2cc(Cl)c(OCc3ccc4ccccc4c3)c(Cl)c2)cc1. The van der Waals surface area contributed by atoms with Crippen molar-refractivity contribution in [1.29, 1.82) is 5.26 Å². The maximum atomic E-state index is 12.6.